The van der Waals surface area contributed by atoms with Crippen molar-refractivity contribution in [3.8, 4) is 0 Å². The van der Waals surface area contributed by atoms with Gasteiger partial charge in [0, 0.05) is 45.3 Å². The maximum Gasteiger partial charge on any atom is 0.416 e. The van der Waals surface area contributed by atoms with Gasteiger partial charge in [-0.3, -0.25) is 9.69 Å². The van der Waals surface area contributed by atoms with Gasteiger partial charge in [0.2, 0.25) is 5.91 Å². The highest BCUT2D eigenvalue weighted by Crippen LogP contribution is 2.39. The summed E-state index contributed by atoms with van der Waals surface area (Å²) in [6.07, 6.45) is -0.561. The zero-order chi connectivity index (χ0) is 33.1. The Morgan fingerprint density at radius 3 is 2.04 bits per heavy atom. The summed E-state index contributed by atoms with van der Waals surface area (Å²) in [6.45, 7) is 10.1. The Morgan fingerprint density at radius 2 is 1.43 bits per heavy atom. The van der Waals surface area contributed by atoms with Gasteiger partial charge < -0.3 is 9.80 Å². The first-order chi connectivity index (χ1) is 21.7. The summed E-state index contributed by atoms with van der Waals surface area (Å²) in [6, 6.07) is 8.60. The highest BCUT2D eigenvalue weighted by atomic mass is 19.4. The lowest BCUT2D eigenvalue weighted by atomic mass is 9.72. The number of benzene rings is 2. The van der Waals surface area contributed by atoms with Gasteiger partial charge in [-0.25, -0.2) is 0 Å². The zero-order valence-corrected chi connectivity index (χ0v) is 27.1. The van der Waals surface area contributed by atoms with Crippen LogP contribution in [0.3, 0.4) is 0 Å². The standard InChI is InChI=1S/C36H47F6N3O/c1-26-9-10-28(19-27(26)2)24-34(12-14-43-15-17-44(18-16-43)32-7-4-3-5-8-32)11-6-13-45(25-34)33(46)22-29-20-30(35(37,38)39)23-31(21-29)36(40,41)42/h9-10,19-21,23,32H,3-8,11-18,22,24-25H2,1-2H3/t34-/m1/s1. The van der Waals surface area contributed by atoms with Crippen LogP contribution in [0.15, 0.2) is 36.4 Å². The van der Waals surface area contributed by atoms with Crippen LogP contribution in [-0.4, -0.2) is 72.5 Å². The smallest absolute Gasteiger partial charge is 0.342 e. The zero-order valence-electron chi connectivity index (χ0n) is 27.1. The second-order valence-electron chi connectivity index (χ2n) is 14.0. The van der Waals surface area contributed by atoms with Crippen molar-refractivity contribution in [1.29, 1.82) is 0 Å². The molecule has 254 valence electrons. The molecular formula is C36H47F6N3O. The van der Waals surface area contributed by atoms with E-state index in [0.29, 0.717) is 31.3 Å². The molecule has 3 fully saturated rings. The van der Waals surface area contributed by atoms with Crippen molar-refractivity contribution in [2.24, 2.45) is 5.41 Å². The minimum absolute atomic E-state index is 0.110. The highest BCUT2D eigenvalue weighted by Gasteiger charge is 2.40. The maximum absolute atomic E-state index is 13.6. The summed E-state index contributed by atoms with van der Waals surface area (Å²) < 4.78 is 80.9. The Labute approximate surface area is 269 Å². The first-order valence-electron chi connectivity index (χ1n) is 16.8. The maximum atomic E-state index is 13.6. The van der Waals surface area contributed by atoms with Gasteiger partial charge in [-0.1, -0.05) is 37.5 Å². The summed E-state index contributed by atoms with van der Waals surface area (Å²) in [5, 5.41) is 0. The van der Waals surface area contributed by atoms with Crippen molar-refractivity contribution in [1.82, 2.24) is 14.7 Å². The second kappa shape index (κ2) is 14.3. The number of piperazine rings is 1. The molecule has 10 heteroatoms. The molecular weight excluding hydrogens is 604 g/mol. The lowest BCUT2D eigenvalue weighted by Gasteiger charge is -2.45. The molecule has 2 saturated heterocycles. The number of hydrogen-bond acceptors (Lipinski definition) is 3. The Kier molecular flexibility index (Phi) is 10.8. The van der Waals surface area contributed by atoms with E-state index < -0.39 is 35.8 Å². The molecule has 0 unspecified atom stereocenters. The molecule has 0 bridgehead atoms. The molecule has 0 aromatic heterocycles. The molecule has 1 amide bonds. The van der Waals surface area contributed by atoms with Gasteiger partial charge in [0.1, 0.15) is 0 Å². The number of rotatable bonds is 8. The van der Waals surface area contributed by atoms with Gasteiger partial charge in [-0.05, 0) is 105 Å². The summed E-state index contributed by atoms with van der Waals surface area (Å²) in [4.78, 5) is 20.4. The summed E-state index contributed by atoms with van der Waals surface area (Å²) in [7, 11) is 0. The van der Waals surface area contributed by atoms with E-state index in [-0.39, 0.29) is 17.0 Å². The molecule has 0 spiro atoms. The average Bonchev–Trinajstić information content (AvgIpc) is 3.02. The van der Waals surface area contributed by atoms with Crippen LogP contribution >= 0.6 is 0 Å². The van der Waals surface area contributed by atoms with Crippen molar-refractivity contribution in [3.05, 3.63) is 69.8 Å². The van der Waals surface area contributed by atoms with Gasteiger partial charge in [0.05, 0.1) is 17.5 Å². The van der Waals surface area contributed by atoms with E-state index in [0.717, 1.165) is 58.4 Å². The van der Waals surface area contributed by atoms with Crippen LogP contribution in [0.25, 0.3) is 0 Å². The van der Waals surface area contributed by atoms with Gasteiger partial charge in [-0.15, -0.1) is 0 Å². The van der Waals surface area contributed by atoms with E-state index in [1.807, 2.05) is 0 Å². The van der Waals surface area contributed by atoms with Crippen LogP contribution in [0.1, 0.15) is 84.7 Å². The van der Waals surface area contributed by atoms with Crippen molar-refractivity contribution in [2.45, 2.75) is 96.5 Å². The fraction of sp³-hybridized carbons (Fsp3) is 0.639. The number of piperidine rings is 1. The molecule has 3 aliphatic rings. The number of aryl methyl sites for hydroxylation is 2. The van der Waals surface area contributed by atoms with Crippen LogP contribution in [0.4, 0.5) is 26.3 Å². The van der Waals surface area contributed by atoms with E-state index in [1.54, 1.807) is 4.90 Å². The third-order valence-electron chi connectivity index (χ3n) is 10.6. The average molecular weight is 652 g/mol. The lowest BCUT2D eigenvalue weighted by Crippen LogP contribution is -2.52. The van der Waals surface area contributed by atoms with Gasteiger partial charge in [0.25, 0.3) is 0 Å². The largest absolute Gasteiger partial charge is 0.416 e. The number of carbonyl (C=O) groups excluding carboxylic acids is 1. The molecule has 1 saturated carbocycles. The van der Waals surface area contributed by atoms with E-state index in [2.05, 4.69) is 41.8 Å². The molecule has 2 aromatic carbocycles. The van der Waals surface area contributed by atoms with Crippen molar-refractivity contribution < 1.29 is 31.1 Å². The third kappa shape index (κ3) is 8.85. The van der Waals surface area contributed by atoms with E-state index >= 15 is 0 Å². The number of halogens is 6. The fourth-order valence-electron chi connectivity index (χ4n) is 7.81. The van der Waals surface area contributed by atoms with Gasteiger partial charge in [-0.2, -0.15) is 26.3 Å². The number of carbonyl (C=O) groups is 1. The van der Waals surface area contributed by atoms with Crippen LogP contribution in [0, 0.1) is 19.3 Å². The molecule has 5 rings (SSSR count). The first-order valence-corrected chi connectivity index (χ1v) is 16.8. The molecule has 46 heavy (non-hydrogen) atoms. The highest BCUT2D eigenvalue weighted by molar-refractivity contribution is 5.79. The Morgan fingerprint density at radius 1 is 0.783 bits per heavy atom. The van der Waals surface area contributed by atoms with Crippen LogP contribution in [0.5, 0.6) is 0 Å². The molecule has 0 N–H and O–H groups in total. The SMILES string of the molecule is Cc1ccc(C[C@]2(CCN3CCN(C4CCCCC4)CC3)CCCN(C(=O)Cc3cc(C(F)(F)F)cc(C(F)(F)F)c3)C2)cc1C. The van der Waals surface area contributed by atoms with Crippen LogP contribution in [-0.2, 0) is 30.0 Å². The minimum Gasteiger partial charge on any atom is -0.342 e. The van der Waals surface area contributed by atoms with Crippen LogP contribution in [0.2, 0.25) is 0 Å². The molecule has 2 aromatic rings. The molecule has 2 aliphatic heterocycles. The molecule has 2 heterocycles. The summed E-state index contributed by atoms with van der Waals surface area (Å²) in [5.41, 5.74) is 0.295. The predicted molar refractivity (Wildman–Crippen MR) is 168 cm³/mol. The quantitative estimate of drug-likeness (QED) is 0.270. The third-order valence-corrected chi connectivity index (χ3v) is 10.6. The molecule has 1 atom stereocenters. The first kappa shape index (κ1) is 34.7. The second-order valence-corrected chi connectivity index (χ2v) is 14.0. The lowest BCUT2D eigenvalue weighted by molar-refractivity contribution is -0.143. The summed E-state index contributed by atoms with van der Waals surface area (Å²) in [5.74, 6) is -0.433. The summed E-state index contributed by atoms with van der Waals surface area (Å²) >= 11 is 0. The van der Waals surface area contributed by atoms with Crippen molar-refractivity contribution in [2.75, 3.05) is 45.8 Å². The van der Waals surface area contributed by atoms with E-state index in [4.69, 9.17) is 0 Å². The molecule has 1 aliphatic carbocycles. The van der Waals surface area contributed by atoms with Gasteiger partial charge >= 0.3 is 12.4 Å². The normalized spacial score (nSPS) is 22.7. The van der Waals surface area contributed by atoms with Crippen molar-refractivity contribution in [3.63, 3.8) is 0 Å². The number of likely N-dealkylation sites (tertiary alicyclic amines) is 1. The van der Waals surface area contributed by atoms with E-state index in [9.17, 15) is 31.1 Å². The van der Waals surface area contributed by atoms with Crippen LogP contribution < -0.4 is 0 Å². The topological polar surface area (TPSA) is 26.8 Å². The number of hydrogen-bond donors (Lipinski definition) is 0. The number of nitrogens with zero attached hydrogens (tertiary/aromatic N) is 3. The fourth-order valence-corrected chi connectivity index (χ4v) is 7.81. The van der Waals surface area contributed by atoms with Crippen molar-refractivity contribution >= 4 is 5.91 Å². The monoisotopic (exact) mass is 651 g/mol. The van der Waals surface area contributed by atoms with E-state index in [1.165, 1.54) is 48.8 Å². The number of amides is 1. The molecule has 4 nitrogen and oxygen atoms in total. The Hall–Kier alpha value is -2.59. The molecule has 0 radical (unpaired) electrons. The number of alkyl halides is 6. The Balaban J connectivity index is 1.30. The predicted octanol–water partition coefficient (Wildman–Crippen LogP) is 8.08. The minimum atomic E-state index is -4.95. The Bertz CT molecular complexity index is 1310. The van der Waals surface area contributed by atoms with Gasteiger partial charge in [0.15, 0.2) is 0 Å².